The number of hydrogen-bond acceptors (Lipinski definition) is 5. The van der Waals surface area contributed by atoms with Gasteiger partial charge < -0.3 is 10.1 Å². The average molecular weight is 287 g/mol. The number of benzene rings is 1. The van der Waals surface area contributed by atoms with Gasteiger partial charge in [-0.3, -0.25) is 15.1 Å². The topological polar surface area (TPSA) is 77.3 Å². The molecule has 0 bridgehead atoms. The van der Waals surface area contributed by atoms with Crippen LogP contribution in [-0.4, -0.2) is 16.5 Å². The van der Waals surface area contributed by atoms with Crippen LogP contribution in [0.4, 0.5) is 11.4 Å². The van der Waals surface area contributed by atoms with Crippen molar-refractivity contribution in [3.05, 3.63) is 52.3 Å². The molecule has 0 saturated heterocycles. The molecule has 6 nitrogen and oxygen atoms in total. The number of nitrogens with zero attached hydrogens (tertiary/aromatic N) is 2. The van der Waals surface area contributed by atoms with Crippen molar-refractivity contribution in [2.75, 3.05) is 11.9 Å². The first-order chi connectivity index (χ1) is 10.1. The van der Waals surface area contributed by atoms with E-state index in [0.29, 0.717) is 18.0 Å². The summed E-state index contributed by atoms with van der Waals surface area (Å²) in [7, 11) is 0. The van der Waals surface area contributed by atoms with Gasteiger partial charge in [0.25, 0.3) is 0 Å². The summed E-state index contributed by atoms with van der Waals surface area (Å²) >= 11 is 0. The standard InChI is InChI=1S/C15H17N3O3/c1-3-9-16-13-5-4-6-14(15(13)18(19)20)21-12-8-7-11(2)17-10-12/h4-8,10,16H,3,9H2,1-2H3. The van der Waals surface area contributed by atoms with E-state index in [1.807, 2.05) is 13.8 Å². The molecule has 0 radical (unpaired) electrons. The first-order valence-corrected chi connectivity index (χ1v) is 6.73. The van der Waals surface area contributed by atoms with Crippen molar-refractivity contribution < 1.29 is 9.66 Å². The molecule has 0 aliphatic heterocycles. The molecule has 0 atom stereocenters. The molecular formula is C15H17N3O3. The molecule has 2 rings (SSSR count). The summed E-state index contributed by atoms with van der Waals surface area (Å²) in [4.78, 5) is 15.0. The zero-order chi connectivity index (χ0) is 15.2. The Bertz CT molecular complexity index is 627. The smallest absolute Gasteiger partial charge is 0.334 e. The highest BCUT2D eigenvalue weighted by Gasteiger charge is 2.21. The van der Waals surface area contributed by atoms with Crippen LogP contribution in [0.3, 0.4) is 0 Å². The first-order valence-electron chi connectivity index (χ1n) is 6.73. The second-order valence-electron chi connectivity index (χ2n) is 4.57. The van der Waals surface area contributed by atoms with Crippen molar-refractivity contribution in [3.8, 4) is 11.5 Å². The number of aryl methyl sites for hydroxylation is 1. The van der Waals surface area contributed by atoms with E-state index in [-0.39, 0.29) is 11.4 Å². The Hall–Kier alpha value is -2.63. The monoisotopic (exact) mass is 287 g/mol. The molecule has 1 aromatic carbocycles. The van der Waals surface area contributed by atoms with E-state index < -0.39 is 4.92 Å². The fraction of sp³-hybridized carbons (Fsp3) is 0.267. The van der Waals surface area contributed by atoms with E-state index in [1.165, 1.54) is 0 Å². The van der Waals surface area contributed by atoms with Crippen LogP contribution in [0.5, 0.6) is 11.5 Å². The minimum Gasteiger partial charge on any atom is -0.448 e. The number of nitro groups is 1. The van der Waals surface area contributed by atoms with Gasteiger partial charge in [-0.2, -0.15) is 0 Å². The fourth-order valence-electron chi connectivity index (χ4n) is 1.84. The number of pyridine rings is 1. The molecular weight excluding hydrogens is 270 g/mol. The average Bonchev–Trinajstić information content (AvgIpc) is 2.47. The summed E-state index contributed by atoms with van der Waals surface area (Å²) in [6.45, 7) is 4.52. The molecule has 0 aliphatic carbocycles. The Morgan fingerprint density at radius 1 is 1.33 bits per heavy atom. The van der Waals surface area contributed by atoms with Crippen LogP contribution in [0.25, 0.3) is 0 Å². The second-order valence-corrected chi connectivity index (χ2v) is 4.57. The highest BCUT2D eigenvalue weighted by Crippen LogP contribution is 2.37. The van der Waals surface area contributed by atoms with Gasteiger partial charge in [-0.1, -0.05) is 13.0 Å². The van der Waals surface area contributed by atoms with Crippen molar-refractivity contribution >= 4 is 11.4 Å². The fourth-order valence-corrected chi connectivity index (χ4v) is 1.84. The highest BCUT2D eigenvalue weighted by atomic mass is 16.6. The Morgan fingerprint density at radius 3 is 2.76 bits per heavy atom. The lowest BCUT2D eigenvalue weighted by Gasteiger charge is -2.10. The van der Waals surface area contributed by atoms with Gasteiger partial charge in [0.15, 0.2) is 0 Å². The molecule has 2 aromatic rings. The largest absolute Gasteiger partial charge is 0.448 e. The molecule has 21 heavy (non-hydrogen) atoms. The maximum atomic E-state index is 11.3. The summed E-state index contributed by atoms with van der Waals surface area (Å²) in [5.74, 6) is 0.670. The third-order valence-electron chi connectivity index (χ3n) is 2.86. The van der Waals surface area contributed by atoms with Gasteiger partial charge in [0, 0.05) is 12.2 Å². The highest BCUT2D eigenvalue weighted by molar-refractivity contribution is 5.68. The molecule has 6 heteroatoms. The van der Waals surface area contributed by atoms with Gasteiger partial charge in [-0.05, 0) is 37.6 Å². The predicted octanol–water partition coefficient (Wildman–Crippen LogP) is 3.91. The molecule has 110 valence electrons. The van der Waals surface area contributed by atoms with E-state index >= 15 is 0 Å². The van der Waals surface area contributed by atoms with Crippen LogP contribution in [0.2, 0.25) is 0 Å². The Morgan fingerprint density at radius 2 is 2.14 bits per heavy atom. The molecule has 0 fully saturated rings. The lowest BCUT2D eigenvalue weighted by molar-refractivity contribution is -0.384. The molecule has 0 unspecified atom stereocenters. The maximum Gasteiger partial charge on any atom is 0.334 e. The van der Waals surface area contributed by atoms with Gasteiger partial charge in [0.05, 0.1) is 11.1 Å². The summed E-state index contributed by atoms with van der Waals surface area (Å²) in [5.41, 5.74) is 1.25. The van der Waals surface area contributed by atoms with Crippen LogP contribution in [-0.2, 0) is 0 Å². The summed E-state index contributed by atoms with van der Waals surface area (Å²) < 4.78 is 5.60. The Labute approximate surface area is 122 Å². The number of aromatic nitrogens is 1. The number of anilines is 1. The molecule has 0 aliphatic rings. The number of ether oxygens (including phenoxy) is 1. The van der Waals surface area contributed by atoms with Crippen molar-refractivity contribution in [1.29, 1.82) is 0 Å². The maximum absolute atomic E-state index is 11.3. The third-order valence-corrected chi connectivity index (χ3v) is 2.86. The van der Waals surface area contributed by atoms with Crippen LogP contribution in [0, 0.1) is 17.0 Å². The van der Waals surface area contributed by atoms with Gasteiger partial charge in [0.1, 0.15) is 11.4 Å². The predicted molar refractivity (Wildman–Crippen MR) is 80.9 cm³/mol. The quantitative estimate of drug-likeness (QED) is 0.643. The SMILES string of the molecule is CCCNc1cccc(Oc2ccc(C)nc2)c1[N+](=O)[O-]. The van der Waals surface area contributed by atoms with Crippen LogP contribution in [0.1, 0.15) is 19.0 Å². The van der Waals surface area contributed by atoms with Crippen LogP contribution < -0.4 is 10.1 Å². The third kappa shape index (κ3) is 3.68. The van der Waals surface area contributed by atoms with E-state index in [0.717, 1.165) is 12.1 Å². The van der Waals surface area contributed by atoms with E-state index in [2.05, 4.69) is 10.3 Å². The minimum absolute atomic E-state index is 0.0634. The minimum atomic E-state index is -0.436. The Kier molecular flexibility index (Phi) is 4.71. The van der Waals surface area contributed by atoms with Crippen molar-refractivity contribution in [1.82, 2.24) is 4.98 Å². The summed E-state index contributed by atoms with van der Waals surface area (Å²) in [6.07, 6.45) is 2.43. The molecule has 0 amide bonds. The molecule has 0 spiro atoms. The van der Waals surface area contributed by atoms with E-state index in [1.54, 1.807) is 36.5 Å². The number of para-hydroxylation sites is 1. The van der Waals surface area contributed by atoms with Crippen molar-refractivity contribution in [2.45, 2.75) is 20.3 Å². The van der Waals surface area contributed by atoms with E-state index in [9.17, 15) is 10.1 Å². The van der Waals surface area contributed by atoms with Crippen LogP contribution >= 0.6 is 0 Å². The number of nitrogens with one attached hydrogen (secondary N) is 1. The van der Waals surface area contributed by atoms with Crippen molar-refractivity contribution in [2.24, 2.45) is 0 Å². The molecule has 0 saturated carbocycles. The summed E-state index contributed by atoms with van der Waals surface area (Å²) in [6, 6.07) is 8.50. The van der Waals surface area contributed by atoms with E-state index in [4.69, 9.17) is 4.74 Å². The zero-order valence-corrected chi connectivity index (χ0v) is 12.0. The zero-order valence-electron chi connectivity index (χ0n) is 12.0. The van der Waals surface area contributed by atoms with Gasteiger partial charge >= 0.3 is 5.69 Å². The van der Waals surface area contributed by atoms with Gasteiger partial charge in [-0.15, -0.1) is 0 Å². The lowest BCUT2D eigenvalue weighted by atomic mass is 10.2. The summed E-state index contributed by atoms with van der Waals surface area (Å²) in [5, 5.41) is 14.4. The lowest BCUT2D eigenvalue weighted by Crippen LogP contribution is -2.04. The molecule has 1 aromatic heterocycles. The molecule has 1 heterocycles. The number of hydrogen-bond donors (Lipinski definition) is 1. The number of rotatable bonds is 6. The Balaban J connectivity index is 2.33. The normalized spacial score (nSPS) is 10.2. The second kappa shape index (κ2) is 6.69. The van der Waals surface area contributed by atoms with Gasteiger partial charge in [-0.25, -0.2) is 0 Å². The number of nitro benzene ring substituents is 1. The molecule has 1 N–H and O–H groups in total. The van der Waals surface area contributed by atoms with Crippen LogP contribution in [0.15, 0.2) is 36.5 Å². The van der Waals surface area contributed by atoms with Crippen molar-refractivity contribution in [3.63, 3.8) is 0 Å². The first kappa shape index (κ1) is 14.8. The van der Waals surface area contributed by atoms with Gasteiger partial charge in [0.2, 0.25) is 5.75 Å².